The molecule has 0 saturated carbocycles. The molecule has 2 N–H and O–H groups in total. The summed E-state index contributed by atoms with van der Waals surface area (Å²) in [4.78, 5) is 13.1. The second-order valence-corrected chi connectivity index (χ2v) is 4.16. The zero-order valence-corrected chi connectivity index (χ0v) is 9.31. The lowest BCUT2D eigenvalue weighted by Gasteiger charge is -2.33. The average Bonchev–Trinajstić information content (AvgIpc) is 2.29. The third-order valence-corrected chi connectivity index (χ3v) is 2.83. The standard InChI is InChI=1S/C12H16N2O2/c1-9-8-14(6-5-13-9)11-4-2-3-10(7-11)12(15)16/h2-4,7,9,13H,5-6,8H2,1H3,(H,15,16)/t9-/m0/s1. The molecule has 0 amide bonds. The summed E-state index contributed by atoms with van der Waals surface area (Å²) in [5.41, 5.74) is 1.34. The number of nitrogens with one attached hydrogen (secondary N) is 1. The molecule has 0 aromatic heterocycles. The maximum Gasteiger partial charge on any atom is 0.335 e. The van der Waals surface area contributed by atoms with Gasteiger partial charge in [0, 0.05) is 31.4 Å². The Morgan fingerprint density at radius 3 is 3.06 bits per heavy atom. The molecule has 1 aliphatic rings. The van der Waals surface area contributed by atoms with Crippen molar-refractivity contribution in [2.75, 3.05) is 24.5 Å². The van der Waals surface area contributed by atoms with E-state index in [2.05, 4.69) is 17.1 Å². The third-order valence-electron chi connectivity index (χ3n) is 2.83. The number of rotatable bonds is 2. The highest BCUT2D eigenvalue weighted by Crippen LogP contribution is 2.17. The molecule has 0 radical (unpaired) electrons. The zero-order valence-electron chi connectivity index (χ0n) is 9.31. The van der Waals surface area contributed by atoms with Crippen LogP contribution < -0.4 is 10.2 Å². The zero-order chi connectivity index (χ0) is 11.5. The van der Waals surface area contributed by atoms with E-state index >= 15 is 0 Å². The second kappa shape index (κ2) is 4.53. The molecular weight excluding hydrogens is 204 g/mol. The summed E-state index contributed by atoms with van der Waals surface area (Å²) < 4.78 is 0. The van der Waals surface area contributed by atoms with E-state index in [9.17, 15) is 4.79 Å². The lowest BCUT2D eigenvalue weighted by atomic mass is 10.1. The Morgan fingerprint density at radius 2 is 2.38 bits per heavy atom. The van der Waals surface area contributed by atoms with Crippen molar-refractivity contribution in [3.8, 4) is 0 Å². The number of aromatic carboxylic acids is 1. The number of carboxylic acids is 1. The maximum absolute atomic E-state index is 10.9. The highest BCUT2D eigenvalue weighted by molar-refractivity contribution is 5.88. The molecule has 0 spiro atoms. The molecule has 0 bridgehead atoms. The lowest BCUT2D eigenvalue weighted by molar-refractivity contribution is 0.0697. The molecule has 1 aliphatic heterocycles. The van der Waals surface area contributed by atoms with Gasteiger partial charge in [-0.1, -0.05) is 6.07 Å². The van der Waals surface area contributed by atoms with Crippen LogP contribution in [0.2, 0.25) is 0 Å². The van der Waals surface area contributed by atoms with Crippen molar-refractivity contribution in [3.63, 3.8) is 0 Å². The van der Waals surface area contributed by atoms with Gasteiger partial charge in [0.2, 0.25) is 0 Å². The summed E-state index contributed by atoms with van der Waals surface area (Å²) in [6.07, 6.45) is 0. The minimum Gasteiger partial charge on any atom is -0.478 e. The molecule has 1 aromatic rings. The molecule has 1 aromatic carbocycles. The number of nitrogens with zero attached hydrogens (tertiary/aromatic N) is 1. The van der Waals surface area contributed by atoms with Crippen LogP contribution in [-0.2, 0) is 0 Å². The van der Waals surface area contributed by atoms with Gasteiger partial charge in [-0.15, -0.1) is 0 Å². The van der Waals surface area contributed by atoms with Crippen LogP contribution in [0.1, 0.15) is 17.3 Å². The van der Waals surface area contributed by atoms with E-state index in [1.807, 2.05) is 6.07 Å². The number of carboxylic acid groups (broad SMARTS) is 1. The predicted molar refractivity (Wildman–Crippen MR) is 63.1 cm³/mol. The largest absolute Gasteiger partial charge is 0.478 e. The Kier molecular flexibility index (Phi) is 3.10. The van der Waals surface area contributed by atoms with E-state index in [4.69, 9.17) is 5.11 Å². The fourth-order valence-electron chi connectivity index (χ4n) is 2.00. The Bertz CT molecular complexity index is 392. The minimum atomic E-state index is -0.870. The average molecular weight is 220 g/mol. The molecule has 4 heteroatoms. The van der Waals surface area contributed by atoms with Crippen molar-refractivity contribution >= 4 is 11.7 Å². The fraction of sp³-hybridized carbons (Fsp3) is 0.417. The molecule has 0 aliphatic carbocycles. The first-order valence-corrected chi connectivity index (χ1v) is 5.48. The topological polar surface area (TPSA) is 52.6 Å². The first-order chi connectivity index (χ1) is 7.66. The summed E-state index contributed by atoms with van der Waals surface area (Å²) in [5.74, 6) is -0.870. The molecule has 1 fully saturated rings. The molecule has 1 saturated heterocycles. The van der Waals surface area contributed by atoms with E-state index in [0.717, 1.165) is 25.3 Å². The summed E-state index contributed by atoms with van der Waals surface area (Å²) in [6, 6.07) is 7.57. The van der Waals surface area contributed by atoms with E-state index in [1.165, 1.54) is 0 Å². The number of piperazine rings is 1. The van der Waals surface area contributed by atoms with Gasteiger partial charge >= 0.3 is 5.97 Å². The van der Waals surface area contributed by atoms with Crippen LogP contribution in [-0.4, -0.2) is 36.8 Å². The number of carbonyl (C=O) groups is 1. The SMILES string of the molecule is C[C@H]1CN(c2cccc(C(=O)O)c2)CCN1. The molecule has 0 unspecified atom stereocenters. The predicted octanol–water partition coefficient (Wildman–Crippen LogP) is 1.18. The van der Waals surface area contributed by atoms with Crippen molar-refractivity contribution in [1.29, 1.82) is 0 Å². The van der Waals surface area contributed by atoms with Crippen LogP contribution in [0.15, 0.2) is 24.3 Å². The highest BCUT2D eigenvalue weighted by Gasteiger charge is 2.16. The first-order valence-electron chi connectivity index (χ1n) is 5.48. The van der Waals surface area contributed by atoms with Gasteiger partial charge in [-0.05, 0) is 25.1 Å². The smallest absolute Gasteiger partial charge is 0.335 e. The van der Waals surface area contributed by atoms with Crippen LogP contribution in [0.5, 0.6) is 0 Å². The van der Waals surface area contributed by atoms with E-state index in [0.29, 0.717) is 11.6 Å². The normalized spacial score (nSPS) is 20.8. The van der Waals surface area contributed by atoms with E-state index in [1.54, 1.807) is 18.2 Å². The highest BCUT2D eigenvalue weighted by atomic mass is 16.4. The maximum atomic E-state index is 10.9. The van der Waals surface area contributed by atoms with Gasteiger partial charge in [0.25, 0.3) is 0 Å². The van der Waals surface area contributed by atoms with Crippen molar-refractivity contribution in [2.45, 2.75) is 13.0 Å². The molecule has 16 heavy (non-hydrogen) atoms. The van der Waals surface area contributed by atoms with Crippen molar-refractivity contribution in [2.24, 2.45) is 0 Å². The van der Waals surface area contributed by atoms with Crippen molar-refractivity contribution in [3.05, 3.63) is 29.8 Å². The molecule has 86 valence electrons. The Hall–Kier alpha value is -1.55. The van der Waals surface area contributed by atoms with E-state index < -0.39 is 5.97 Å². The Morgan fingerprint density at radius 1 is 1.56 bits per heavy atom. The number of hydrogen-bond acceptors (Lipinski definition) is 3. The number of hydrogen-bond donors (Lipinski definition) is 2. The summed E-state index contributed by atoms with van der Waals surface area (Å²) in [5, 5.41) is 12.3. The molecule has 1 heterocycles. The molecule has 1 atom stereocenters. The first kappa shape index (κ1) is 11.0. The van der Waals surface area contributed by atoms with Gasteiger partial charge < -0.3 is 15.3 Å². The monoisotopic (exact) mass is 220 g/mol. The van der Waals surface area contributed by atoms with Crippen molar-refractivity contribution in [1.82, 2.24) is 5.32 Å². The van der Waals surface area contributed by atoms with Crippen LogP contribution in [0.4, 0.5) is 5.69 Å². The molecule has 2 rings (SSSR count). The quantitative estimate of drug-likeness (QED) is 0.786. The van der Waals surface area contributed by atoms with Gasteiger partial charge in [-0.2, -0.15) is 0 Å². The van der Waals surface area contributed by atoms with Crippen LogP contribution in [0, 0.1) is 0 Å². The summed E-state index contributed by atoms with van der Waals surface area (Å²) >= 11 is 0. The van der Waals surface area contributed by atoms with Gasteiger partial charge in [0.1, 0.15) is 0 Å². The third kappa shape index (κ3) is 2.33. The van der Waals surface area contributed by atoms with Crippen molar-refractivity contribution < 1.29 is 9.90 Å². The minimum absolute atomic E-state index is 0.351. The van der Waals surface area contributed by atoms with Gasteiger partial charge in [-0.25, -0.2) is 4.79 Å². The molecular formula is C12H16N2O2. The molecule has 4 nitrogen and oxygen atoms in total. The Balaban J connectivity index is 2.19. The number of anilines is 1. The Labute approximate surface area is 94.9 Å². The van der Waals surface area contributed by atoms with Gasteiger partial charge in [-0.3, -0.25) is 0 Å². The summed E-state index contributed by atoms with van der Waals surface area (Å²) in [7, 11) is 0. The van der Waals surface area contributed by atoms with Crippen LogP contribution in [0.3, 0.4) is 0 Å². The van der Waals surface area contributed by atoms with Gasteiger partial charge in [0.15, 0.2) is 0 Å². The number of benzene rings is 1. The second-order valence-electron chi connectivity index (χ2n) is 4.16. The van der Waals surface area contributed by atoms with Crippen LogP contribution >= 0.6 is 0 Å². The van der Waals surface area contributed by atoms with E-state index in [-0.39, 0.29) is 0 Å². The van der Waals surface area contributed by atoms with Crippen LogP contribution in [0.25, 0.3) is 0 Å². The lowest BCUT2D eigenvalue weighted by Crippen LogP contribution is -2.49. The van der Waals surface area contributed by atoms with Gasteiger partial charge in [0.05, 0.1) is 5.56 Å². The summed E-state index contributed by atoms with van der Waals surface area (Å²) in [6.45, 7) is 4.92. The fourth-order valence-corrected chi connectivity index (χ4v) is 2.00.